The Bertz CT molecular complexity index is 904. The number of hydrogen-bond donors (Lipinski definition) is 1. The van der Waals surface area contributed by atoms with E-state index in [0.717, 1.165) is 12.1 Å². The molecule has 2 aromatic rings. The molecule has 6 nitrogen and oxygen atoms in total. The second kappa shape index (κ2) is 8.16. The van der Waals surface area contributed by atoms with Crippen molar-refractivity contribution in [2.75, 3.05) is 31.5 Å². The van der Waals surface area contributed by atoms with Crippen LogP contribution in [0.2, 0.25) is 0 Å². The third-order valence-electron chi connectivity index (χ3n) is 4.59. The molecule has 1 N–H and O–H groups in total. The molecule has 0 unspecified atom stereocenters. The van der Waals surface area contributed by atoms with Gasteiger partial charge in [-0.2, -0.15) is 0 Å². The van der Waals surface area contributed by atoms with E-state index >= 15 is 0 Å². The highest BCUT2D eigenvalue weighted by molar-refractivity contribution is 6.06. The van der Waals surface area contributed by atoms with E-state index in [1.807, 2.05) is 0 Å². The van der Waals surface area contributed by atoms with Crippen LogP contribution in [-0.4, -0.2) is 53.7 Å². The van der Waals surface area contributed by atoms with Gasteiger partial charge in [-0.05, 0) is 30.3 Å². The van der Waals surface area contributed by atoms with Gasteiger partial charge in [-0.1, -0.05) is 12.1 Å². The summed E-state index contributed by atoms with van der Waals surface area (Å²) in [6, 6.07) is 9.22. The van der Waals surface area contributed by atoms with Crippen LogP contribution in [0.1, 0.15) is 27.6 Å². The molecule has 28 heavy (non-hydrogen) atoms. The Hall–Kier alpha value is -3.29. The zero-order valence-corrected chi connectivity index (χ0v) is 15.2. The molecule has 2 aromatic carbocycles. The number of hydrogen-bond acceptors (Lipinski definition) is 3. The molecule has 8 heteroatoms. The Morgan fingerprint density at radius 1 is 0.857 bits per heavy atom. The first kappa shape index (κ1) is 19.5. The summed E-state index contributed by atoms with van der Waals surface area (Å²) < 4.78 is 27.4. The largest absolute Gasteiger partial charge is 0.339 e. The summed E-state index contributed by atoms with van der Waals surface area (Å²) in [5.74, 6) is -2.80. The predicted molar refractivity (Wildman–Crippen MR) is 98.9 cm³/mol. The number of nitrogens with zero attached hydrogens (tertiary/aromatic N) is 2. The van der Waals surface area contributed by atoms with Gasteiger partial charge in [-0.15, -0.1) is 0 Å². The molecule has 1 fully saturated rings. The van der Waals surface area contributed by atoms with Gasteiger partial charge >= 0.3 is 0 Å². The van der Waals surface area contributed by atoms with Crippen LogP contribution in [0.5, 0.6) is 0 Å². The summed E-state index contributed by atoms with van der Waals surface area (Å²) in [6.45, 7) is 3.18. The van der Waals surface area contributed by atoms with Crippen LogP contribution in [0, 0.1) is 11.6 Å². The SMILES string of the molecule is CC(=O)N1CCN(C(=O)c2cccc(C(=O)Nc3c(F)cccc3F)c2)CC1. The molecule has 1 aliphatic rings. The first-order valence-electron chi connectivity index (χ1n) is 8.77. The van der Waals surface area contributed by atoms with Crippen LogP contribution in [0.25, 0.3) is 0 Å². The fourth-order valence-electron chi connectivity index (χ4n) is 3.00. The number of amides is 3. The van der Waals surface area contributed by atoms with E-state index in [1.54, 1.807) is 15.9 Å². The zero-order valence-electron chi connectivity index (χ0n) is 15.2. The van der Waals surface area contributed by atoms with E-state index < -0.39 is 23.2 Å². The molecule has 1 heterocycles. The maximum Gasteiger partial charge on any atom is 0.255 e. The number of anilines is 1. The maximum atomic E-state index is 13.7. The van der Waals surface area contributed by atoms with Crippen molar-refractivity contribution < 1.29 is 23.2 Å². The molecule has 0 radical (unpaired) electrons. The lowest BCUT2D eigenvalue weighted by Crippen LogP contribution is -2.50. The summed E-state index contributed by atoms with van der Waals surface area (Å²) >= 11 is 0. The Labute approximate surface area is 160 Å². The summed E-state index contributed by atoms with van der Waals surface area (Å²) in [5.41, 5.74) is -0.140. The number of halogens is 2. The second-order valence-electron chi connectivity index (χ2n) is 6.43. The Kier molecular flexibility index (Phi) is 5.67. The third kappa shape index (κ3) is 4.16. The topological polar surface area (TPSA) is 69.7 Å². The number of benzene rings is 2. The molecule has 0 saturated carbocycles. The number of rotatable bonds is 3. The normalized spacial score (nSPS) is 14.0. The average molecular weight is 387 g/mol. The van der Waals surface area contributed by atoms with E-state index in [9.17, 15) is 23.2 Å². The van der Waals surface area contributed by atoms with Crippen molar-refractivity contribution >= 4 is 23.4 Å². The van der Waals surface area contributed by atoms with Gasteiger partial charge in [0.15, 0.2) is 0 Å². The van der Waals surface area contributed by atoms with Crippen molar-refractivity contribution in [2.45, 2.75) is 6.92 Å². The van der Waals surface area contributed by atoms with Crippen LogP contribution >= 0.6 is 0 Å². The third-order valence-corrected chi connectivity index (χ3v) is 4.59. The molecule has 0 aromatic heterocycles. The van der Waals surface area contributed by atoms with Gasteiger partial charge in [0.1, 0.15) is 17.3 Å². The number of para-hydroxylation sites is 1. The molecular weight excluding hydrogens is 368 g/mol. The number of piperazine rings is 1. The van der Waals surface area contributed by atoms with Gasteiger partial charge in [0.2, 0.25) is 5.91 Å². The van der Waals surface area contributed by atoms with Crippen LogP contribution in [0.3, 0.4) is 0 Å². The molecule has 0 bridgehead atoms. The molecule has 1 saturated heterocycles. The number of nitrogens with one attached hydrogen (secondary N) is 1. The standard InChI is InChI=1S/C20H19F2N3O3/c1-13(26)24-8-10-25(11-9-24)20(28)15-5-2-4-14(12-15)19(27)23-18-16(21)6-3-7-17(18)22/h2-7,12H,8-11H2,1H3,(H,23,27). The molecule has 146 valence electrons. The summed E-state index contributed by atoms with van der Waals surface area (Å²) in [4.78, 5) is 39.7. The molecule has 0 aliphatic carbocycles. The zero-order chi connectivity index (χ0) is 20.3. The number of carbonyl (C=O) groups is 3. The monoisotopic (exact) mass is 387 g/mol. The molecule has 0 spiro atoms. The van der Waals surface area contributed by atoms with Crippen molar-refractivity contribution in [1.82, 2.24) is 9.80 Å². The minimum atomic E-state index is -0.885. The predicted octanol–water partition coefficient (Wildman–Crippen LogP) is 2.52. The van der Waals surface area contributed by atoms with E-state index in [-0.39, 0.29) is 22.9 Å². The van der Waals surface area contributed by atoms with Crippen LogP contribution < -0.4 is 5.32 Å². The van der Waals surface area contributed by atoms with E-state index in [2.05, 4.69) is 5.32 Å². The quantitative estimate of drug-likeness (QED) is 0.880. The minimum Gasteiger partial charge on any atom is -0.339 e. The smallest absolute Gasteiger partial charge is 0.255 e. The first-order chi connectivity index (χ1) is 13.4. The molecule has 3 rings (SSSR count). The second-order valence-corrected chi connectivity index (χ2v) is 6.43. The van der Waals surface area contributed by atoms with E-state index in [4.69, 9.17) is 0 Å². The fraction of sp³-hybridized carbons (Fsp3) is 0.250. The Balaban J connectivity index is 1.72. The molecule has 3 amide bonds. The van der Waals surface area contributed by atoms with Crippen molar-refractivity contribution in [3.8, 4) is 0 Å². The van der Waals surface area contributed by atoms with Gasteiger partial charge in [-0.3, -0.25) is 14.4 Å². The minimum absolute atomic E-state index is 0.0360. The molecule has 0 atom stereocenters. The highest BCUT2D eigenvalue weighted by Crippen LogP contribution is 2.19. The highest BCUT2D eigenvalue weighted by atomic mass is 19.1. The summed E-state index contributed by atoms with van der Waals surface area (Å²) in [7, 11) is 0. The Morgan fingerprint density at radius 3 is 2.00 bits per heavy atom. The summed E-state index contributed by atoms with van der Waals surface area (Å²) in [5, 5.41) is 2.20. The van der Waals surface area contributed by atoms with Gasteiger partial charge in [0.25, 0.3) is 11.8 Å². The van der Waals surface area contributed by atoms with Crippen molar-refractivity contribution in [3.05, 3.63) is 65.2 Å². The Morgan fingerprint density at radius 2 is 1.39 bits per heavy atom. The van der Waals surface area contributed by atoms with Gasteiger partial charge in [0.05, 0.1) is 0 Å². The van der Waals surface area contributed by atoms with Crippen LogP contribution in [0.15, 0.2) is 42.5 Å². The molecular formula is C20H19F2N3O3. The van der Waals surface area contributed by atoms with Gasteiger partial charge in [0, 0.05) is 44.2 Å². The van der Waals surface area contributed by atoms with Crippen molar-refractivity contribution in [1.29, 1.82) is 0 Å². The lowest BCUT2D eigenvalue weighted by Gasteiger charge is -2.34. The van der Waals surface area contributed by atoms with E-state index in [0.29, 0.717) is 26.2 Å². The molecule has 1 aliphatic heterocycles. The van der Waals surface area contributed by atoms with Crippen molar-refractivity contribution in [2.24, 2.45) is 0 Å². The first-order valence-corrected chi connectivity index (χ1v) is 8.77. The van der Waals surface area contributed by atoms with Crippen LogP contribution in [-0.2, 0) is 4.79 Å². The summed E-state index contributed by atoms with van der Waals surface area (Å²) in [6.07, 6.45) is 0. The lowest BCUT2D eigenvalue weighted by atomic mass is 10.1. The lowest BCUT2D eigenvalue weighted by molar-refractivity contribution is -0.130. The highest BCUT2D eigenvalue weighted by Gasteiger charge is 2.24. The van der Waals surface area contributed by atoms with Crippen LogP contribution in [0.4, 0.5) is 14.5 Å². The van der Waals surface area contributed by atoms with Gasteiger partial charge in [-0.25, -0.2) is 8.78 Å². The average Bonchev–Trinajstić information content (AvgIpc) is 2.70. The van der Waals surface area contributed by atoms with Crippen molar-refractivity contribution in [3.63, 3.8) is 0 Å². The maximum absolute atomic E-state index is 13.7. The van der Waals surface area contributed by atoms with Gasteiger partial charge < -0.3 is 15.1 Å². The fourth-order valence-corrected chi connectivity index (χ4v) is 3.00. The number of carbonyl (C=O) groups excluding carboxylic acids is 3. The van der Waals surface area contributed by atoms with E-state index in [1.165, 1.54) is 31.2 Å².